The molecule has 0 fully saturated rings. The first-order valence-electron chi connectivity index (χ1n) is 10.0. The summed E-state index contributed by atoms with van der Waals surface area (Å²) < 4.78 is 21.1. The van der Waals surface area contributed by atoms with Gasteiger partial charge in [0.15, 0.2) is 11.5 Å². The van der Waals surface area contributed by atoms with E-state index in [1.807, 2.05) is 0 Å². The quantitative estimate of drug-likeness (QED) is 0.335. The molecule has 1 heterocycles. The van der Waals surface area contributed by atoms with E-state index in [1.165, 1.54) is 26.4 Å². The molecule has 32 heavy (non-hydrogen) atoms. The Morgan fingerprint density at radius 3 is 1.78 bits per heavy atom. The molecule has 0 spiro atoms. The molecule has 10 nitrogen and oxygen atoms in total. The monoisotopic (exact) mass is 448 g/mol. The second kappa shape index (κ2) is 10.2. The van der Waals surface area contributed by atoms with Gasteiger partial charge in [0, 0.05) is 24.0 Å². The van der Waals surface area contributed by atoms with E-state index >= 15 is 0 Å². The summed E-state index contributed by atoms with van der Waals surface area (Å²) in [4.78, 5) is 39.1. The number of allylic oxidation sites excluding steroid dienone is 2. The first kappa shape index (κ1) is 24.7. The molecule has 0 radical (unpaired) electrons. The third kappa shape index (κ3) is 4.39. The normalized spacial score (nSPS) is 14.4. The predicted molar refractivity (Wildman–Crippen MR) is 115 cm³/mol. The lowest BCUT2D eigenvalue weighted by molar-refractivity contribution is -0.385. The molecule has 0 N–H and O–H groups in total. The highest BCUT2D eigenvalue weighted by atomic mass is 16.6. The van der Waals surface area contributed by atoms with Crippen molar-refractivity contribution in [3.05, 3.63) is 50.4 Å². The number of carbonyl (C=O) groups is 2. The van der Waals surface area contributed by atoms with Gasteiger partial charge >= 0.3 is 11.9 Å². The number of hydrogen-bond acceptors (Lipinski definition) is 9. The van der Waals surface area contributed by atoms with Crippen molar-refractivity contribution in [2.24, 2.45) is 0 Å². The van der Waals surface area contributed by atoms with Gasteiger partial charge in [-0.25, -0.2) is 9.59 Å². The molecule has 1 aliphatic heterocycles. The summed E-state index contributed by atoms with van der Waals surface area (Å²) in [6.07, 6.45) is 0. The first-order valence-corrected chi connectivity index (χ1v) is 10.0. The Morgan fingerprint density at radius 2 is 1.41 bits per heavy atom. The number of hydrogen-bond donors (Lipinski definition) is 0. The lowest BCUT2D eigenvalue weighted by Gasteiger charge is -2.35. The summed E-state index contributed by atoms with van der Waals surface area (Å²) in [5, 5.41) is 12.0. The molecule has 0 bridgehead atoms. The number of carbonyl (C=O) groups excluding carboxylic acids is 2. The summed E-state index contributed by atoms with van der Waals surface area (Å²) in [5.74, 6) is -2.11. The number of nitro groups is 1. The third-order valence-corrected chi connectivity index (χ3v) is 5.39. The number of ether oxygens (including phenoxy) is 4. The van der Waals surface area contributed by atoms with Crippen molar-refractivity contribution in [3.63, 3.8) is 0 Å². The van der Waals surface area contributed by atoms with Crippen LogP contribution in [0.15, 0.2) is 34.7 Å². The van der Waals surface area contributed by atoms with Crippen LogP contribution in [0.3, 0.4) is 0 Å². The predicted octanol–water partition coefficient (Wildman–Crippen LogP) is 3.32. The summed E-state index contributed by atoms with van der Waals surface area (Å²) in [7, 11) is 4.45. The zero-order chi connectivity index (χ0) is 24.2. The Balaban J connectivity index is 2.96. The van der Waals surface area contributed by atoms with Crippen molar-refractivity contribution in [2.45, 2.75) is 33.6 Å². The third-order valence-electron chi connectivity index (χ3n) is 5.39. The molecule has 0 aliphatic carbocycles. The highest BCUT2D eigenvalue weighted by molar-refractivity contribution is 6.00. The molecule has 1 aromatic rings. The lowest BCUT2D eigenvalue weighted by Crippen LogP contribution is -2.34. The maximum absolute atomic E-state index is 13.0. The van der Waals surface area contributed by atoms with Gasteiger partial charge in [-0.2, -0.15) is 0 Å². The summed E-state index contributed by atoms with van der Waals surface area (Å²) in [5.41, 5.74) is 0.981. The van der Waals surface area contributed by atoms with E-state index in [1.54, 1.807) is 39.6 Å². The second-order valence-electron chi connectivity index (χ2n) is 6.95. The van der Waals surface area contributed by atoms with E-state index in [9.17, 15) is 19.7 Å². The Hall–Kier alpha value is -3.56. The first-order chi connectivity index (χ1) is 15.1. The van der Waals surface area contributed by atoms with Gasteiger partial charge in [0.05, 0.1) is 55.5 Å². The van der Waals surface area contributed by atoms with Crippen molar-refractivity contribution in [1.82, 2.24) is 4.90 Å². The minimum Gasteiger partial charge on any atom is -0.493 e. The minimum absolute atomic E-state index is 0.0885. The van der Waals surface area contributed by atoms with Crippen LogP contribution >= 0.6 is 0 Å². The summed E-state index contributed by atoms with van der Waals surface area (Å²) in [6.45, 7) is 6.88. The molecule has 0 saturated carbocycles. The molecular formula is C22H28N2O8. The molecular weight excluding hydrogens is 420 g/mol. The van der Waals surface area contributed by atoms with E-state index < -0.39 is 22.8 Å². The maximum atomic E-state index is 13.0. The zero-order valence-corrected chi connectivity index (χ0v) is 19.3. The van der Waals surface area contributed by atoms with Crippen molar-refractivity contribution in [2.75, 3.05) is 34.5 Å². The van der Waals surface area contributed by atoms with Gasteiger partial charge in [0.2, 0.25) is 0 Å². The van der Waals surface area contributed by atoms with Crippen molar-refractivity contribution < 1.29 is 33.5 Å². The fraction of sp³-hybridized carbons (Fsp3) is 0.455. The van der Waals surface area contributed by atoms with Crippen LogP contribution in [-0.2, 0) is 19.1 Å². The summed E-state index contributed by atoms with van der Waals surface area (Å²) >= 11 is 0. The van der Waals surface area contributed by atoms with Crippen LogP contribution in [0.25, 0.3) is 0 Å². The Bertz CT molecular complexity index is 954. The molecule has 0 atom stereocenters. The number of methoxy groups -OCH3 is 2. The van der Waals surface area contributed by atoms with Crippen molar-refractivity contribution >= 4 is 17.6 Å². The molecule has 10 heteroatoms. The fourth-order valence-electron chi connectivity index (χ4n) is 3.71. The van der Waals surface area contributed by atoms with E-state index in [-0.39, 0.29) is 47.1 Å². The van der Waals surface area contributed by atoms with Crippen LogP contribution in [0.4, 0.5) is 5.69 Å². The molecule has 1 aromatic carbocycles. The SMILES string of the molecule is CCOC(=O)C1=C(C)N(C)C(C)=C(C(=O)OCC)C1c1cc(OC)c(OC)cc1[N+](=O)[O-]. The zero-order valence-electron chi connectivity index (χ0n) is 19.3. The van der Waals surface area contributed by atoms with Crippen LogP contribution in [0.2, 0.25) is 0 Å². The largest absolute Gasteiger partial charge is 0.493 e. The molecule has 174 valence electrons. The number of esters is 2. The fourth-order valence-corrected chi connectivity index (χ4v) is 3.71. The molecule has 0 saturated heterocycles. The van der Waals surface area contributed by atoms with Gasteiger partial charge in [-0.1, -0.05) is 0 Å². The van der Waals surface area contributed by atoms with E-state index in [4.69, 9.17) is 18.9 Å². The number of nitro benzene ring substituents is 1. The number of rotatable bonds is 8. The van der Waals surface area contributed by atoms with Gasteiger partial charge in [0.25, 0.3) is 5.69 Å². The molecule has 0 unspecified atom stereocenters. The van der Waals surface area contributed by atoms with Gasteiger partial charge < -0.3 is 23.8 Å². The average Bonchev–Trinajstić information content (AvgIpc) is 2.76. The Kier molecular flexibility index (Phi) is 7.85. The van der Waals surface area contributed by atoms with Crippen molar-refractivity contribution in [3.8, 4) is 11.5 Å². The van der Waals surface area contributed by atoms with Gasteiger partial charge in [-0.3, -0.25) is 10.1 Å². The topological polar surface area (TPSA) is 117 Å². The lowest BCUT2D eigenvalue weighted by atomic mass is 9.79. The highest BCUT2D eigenvalue weighted by Gasteiger charge is 2.43. The molecule has 2 rings (SSSR count). The Labute approximate surface area is 186 Å². The number of nitrogens with zero attached hydrogens (tertiary/aromatic N) is 2. The van der Waals surface area contributed by atoms with E-state index in [0.717, 1.165) is 0 Å². The molecule has 1 aliphatic rings. The smallest absolute Gasteiger partial charge is 0.336 e. The van der Waals surface area contributed by atoms with Crippen LogP contribution in [0.1, 0.15) is 39.2 Å². The highest BCUT2D eigenvalue weighted by Crippen LogP contribution is 2.47. The standard InChI is InChI=1S/C22H28N2O8/c1-8-31-21(25)18-12(3)23(5)13(4)19(22(26)32-9-2)20(18)14-10-16(29-6)17(30-7)11-15(14)24(27)28/h10-11,20H,8-9H2,1-7H3. The van der Waals surface area contributed by atoms with Crippen LogP contribution in [0, 0.1) is 10.1 Å². The van der Waals surface area contributed by atoms with Gasteiger partial charge in [-0.05, 0) is 33.8 Å². The average molecular weight is 448 g/mol. The van der Waals surface area contributed by atoms with Crippen molar-refractivity contribution in [1.29, 1.82) is 0 Å². The van der Waals surface area contributed by atoms with E-state index in [0.29, 0.717) is 11.4 Å². The molecule has 0 amide bonds. The maximum Gasteiger partial charge on any atom is 0.336 e. The number of benzene rings is 1. The molecule has 0 aromatic heterocycles. The van der Waals surface area contributed by atoms with Crippen LogP contribution in [0.5, 0.6) is 11.5 Å². The second-order valence-corrected chi connectivity index (χ2v) is 6.95. The summed E-state index contributed by atoms with van der Waals surface area (Å²) in [6, 6.07) is 2.62. The van der Waals surface area contributed by atoms with Crippen LogP contribution < -0.4 is 9.47 Å². The van der Waals surface area contributed by atoms with E-state index in [2.05, 4.69) is 0 Å². The van der Waals surface area contributed by atoms with Gasteiger partial charge in [0.1, 0.15) is 0 Å². The van der Waals surface area contributed by atoms with Crippen LogP contribution in [-0.4, -0.2) is 56.2 Å². The Morgan fingerprint density at radius 1 is 0.969 bits per heavy atom. The van der Waals surface area contributed by atoms with Gasteiger partial charge in [-0.15, -0.1) is 0 Å². The minimum atomic E-state index is -1.11.